The molecule has 0 bridgehead atoms. The first-order chi connectivity index (χ1) is 11.3. The van der Waals surface area contributed by atoms with Crippen LogP contribution in [0.4, 0.5) is 17.6 Å². The van der Waals surface area contributed by atoms with E-state index in [1.807, 2.05) is 0 Å². The average molecular weight is 462 g/mol. The molecule has 5 nitrogen and oxygen atoms in total. The van der Waals surface area contributed by atoms with Crippen molar-refractivity contribution >= 4 is 50.9 Å². The molecule has 3 rings (SSSR count). The molecule has 2 aromatic rings. The summed E-state index contributed by atoms with van der Waals surface area (Å²) >= 11 is 3.34. The van der Waals surface area contributed by atoms with Gasteiger partial charge in [-0.1, -0.05) is 0 Å². The minimum Gasteiger partial charge on any atom is -0.343 e. The van der Waals surface area contributed by atoms with E-state index in [1.54, 1.807) is 0 Å². The number of carbonyl (C=O) groups is 1. The average Bonchev–Trinajstić information content (AvgIpc) is 2.93. The van der Waals surface area contributed by atoms with Gasteiger partial charge in [0.05, 0.1) is 6.04 Å². The lowest BCUT2D eigenvalue weighted by atomic mass is 10.1. The molecular weight excluding hydrogens is 453 g/mol. The monoisotopic (exact) mass is 461 g/mol. The van der Waals surface area contributed by atoms with Crippen LogP contribution in [0.25, 0.3) is 10.1 Å². The number of nitrogens with one attached hydrogen (secondary N) is 1. The maximum absolute atomic E-state index is 13.9. The van der Waals surface area contributed by atoms with Gasteiger partial charge in [0.1, 0.15) is 4.88 Å². The summed E-state index contributed by atoms with van der Waals surface area (Å²) in [6.45, 7) is 0. The van der Waals surface area contributed by atoms with Crippen molar-refractivity contribution in [3.8, 4) is 0 Å². The van der Waals surface area contributed by atoms with Gasteiger partial charge in [-0.15, -0.1) is 11.3 Å². The zero-order valence-electron chi connectivity index (χ0n) is 12.0. The minimum atomic E-state index is -5.74. The fourth-order valence-electron chi connectivity index (χ4n) is 2.15. The highest BCUT2D eigenvalue weighted by Gasteiger charge is 2.58. The number of halogens is 5. The Morgan fingerprint density at radius 1 is 1.40 bits per heavy atom. The van der Waals surface area contributed by atoms with Gasteiger partial charge in [-0.05, 0) is 34.1 Å². The molecule has 0 radical (unpaired) electrons. The fraction of sp³-hybridized carbons (Fsp3) is 0.308. The SMILES string of the molecule is O=C(NC1CC1(F)F)c1ccc2sc(C(F)(F)P(=O)(O)O)c(Br)c2c1. The predicted octanol–water partition coefficient (Wildman–Crippen LogP) is 4.03. The molecule has 3 N–H and O–H groups in total. The van der Waals surface area contributed by atoms with Crippen LogP contribution >= 0.6 is 34.9 Å². The lowest BCUT2D eigenvalue weighted by Crippen LogP contribution is -2.29. The lowest BCUT2D eigenvalue weighted by Gasteiger charge is -2.16. The van der Waals surface area contributed by atoms with Gasteiger partial charge in [-0.3, -0.25) is 9.36 Å². The Labute approximate surface area is 150 Å². The van der Waals surface area contributed by atoms with Crippen LogP contribution in [0.1, 0.15) is 21.7 Å². The highest BCUT2D eigenvalue weighted by atomic mass is 79.9. The zero-order valence-corrected chi connectivity index (χ0v) is 15.3. The van der Waals surface area contributed by atoms with Crippen LogP contribution in [-0.2, 0) is 10.2 Å². The maximum Gasteiger partial charge on any atom is 0.400 e. The molecule has 1 atom stereocenters. The van der Waals surface area contributed by atoms with Gasteiger partial charge in [-0.25, -0.2) is 8.78 Å². The zero-order chi connectivity index (χ0) is 18.8. The normalized spacial score (nSPS) is 19.9. The number of fused-ring (bicyclic) bond motifs is 1. The van der Waals surface area contributed by atoms with Crippen molar-refractivity contribution in [2.45, 2.75) is 24.0 Å². The number of hydrogen-bond acceptors (Lipinski definition) is 3. The highest BCUT2D eigenvalue weighted by Crippen LogP contribution is 2.62. The molecule has 25 heavy (non-hydrogen) atoms. The van der Waals surface area contributed by atoms with Crippen LogP contribution in [0.5, 0.6) is 0 Å². The first-order valence-electron chi connectivity index (χ1n) is 6.69. The Morgan fingerprint density at radius 2 is 2.00 bits per heavy atom. The molecule has 12 heteroatoms. The molecule has 0 aliphatic heterocycles. The van der Waals surface area contributed by atoms with Gasteiger partial charge in [0.2, 0.25) is 0 Å². The number of amides is 1. The van der Waals surface area contributed by atoms with E-state index in [9.17, 15) is 26.9 Å². The first kappa shape index (κ1) is 18.8. The van der Waals surface area contributed by atoms with Crippen LogP contribution in [0, 0.1) is 0 Å². The van der Waals surface area contributed by atoms with Crippen LogP contribution in [0.15, 0.2) is 22.7 Å². The number of benzene rings is 1. The Morgan fingerprint density at radius 3 is 2.52 bits per heavy atom. The second-order valence-corrected chi connectivity index (χ2v) is 9.03. The summed E-state index contributed by atoms with van der Waals surface area (Å²) in [6, 6.07) is 2.52. The van der Waals surface area contributed by atoms with Gasteiger partial charge >= 0.3 is 13.3 Å². The number of alkyl halides is 4. The van der Waals surface area contributed by atoms with E-state index in [0.717, 1.165) is 0 Å². The molecular formula is C13H9BrF4NO4PS. The smallest absolute Gasteiger partial charge is 0.343 e. The van der Waals surface area contributed by atoms with E-state index in [-0.39, 0.29) is 20.1 Å². The third-order valence-corrected chi connectivity index (χ3v) is 7.09. The number of hydrogen-bond donors (Lipinski definition) is 3. The topological polar surface area (TPSA) is 86.6 Å². The molecule has 1 aromatic carbocycles. The maximum atomic E-state index is 13.9. The highest BCUT2D eigenvalue weighted by molar-refractivity contribution is 9.10. The Bertz CT molecular complexity index is 928. The molecule has 1 aliphatic rings. The van der Waals surface area contributed by atoms with Crippen molar-refractivity contribution in [3.63, 3.8) is 0 Å². The molecule has 136 valence electrons. The Balaban J connectivity index is 1.97. The van der Waals surface area contributed by atoms with Crippen molar-refractivity contribution in [2.24, 2.45) is 0 Å². The molecule has 1 aromatic heterocycles. The standard InChI is InChI=1S/C13H9BrF4NO4PS/c14-9-6-3-5(11(20)19-8-4-12(8,15)16)1-2-7(6)25-10(9)13(17,18)24(21,22)23/h1-3,8H,4H2,(H,19,20)(H2,21,22,23). The lowest BCUT2D eigenvalue weighted by molar-refractivity contribution is 0.0595. The predicted molar refractivity (Wildman–Crippen MR) is 86.3 cm³/mol. The van der Waals surface area contributed by atoms with Gasteiger partial charge in [-0.2, -0.15) is 8.78 Å². The van der Waals surface area contributed by atoms with Crippen molar-refractivity contribution in [1.29, 1.82) is 0 Å². The Kier molecular flexibility index (Phi) is 4.32. The van der Waals surface area contributed by atoms with E-state index < -0.39 is 42.4 Å². The van der Waals surface area contributed by atoms with E-state index in [2.05, 4.69) is 21.2 Å². The van der Waals surface area contributed by atoms with Gasteiger partial charge in [0.25, 0.3) is 11.8 Å². The largest absolute Gasteiger partial charge is 0.400 e. The molecule has 0 saturated heterocycles. The first-order valence-corrected chi connectivity index (χ1v) is 9.91. The molecule has 1 amide bonds. The van der Waals surface area contributed by atoms with Crippen LogP contribution in [-0.4, -0.2) is 27.7 Å². The number of thiophene rings is 1. The molecule has 1 unspecified atom stereocenters. The molecule has 1 aliphatic carbocycles. The summed E-state index contributed by atoms with van der Waals surface area (Å²) in [6.07, 6.45) is -0.457. The van der Waals surface area contributed by atoms with Crippen LogP contribution < -0.4 is 5.32 Å². The van der Waals surface area contributed by atoms with E-state index >= 15 is 0 Å². The number of rotatable bonds is 4. The van der Waals surface area contributed by atoms with E-state index in [0.29, 0.717) is 11.3 Å². The summed E-state index contributed by atoms with van der Waals surface area (Å²) in [4.78, 5) is 28.8. The van der Waals surface area contributed by atoms with Gasteiger partial charge < -0.3 is 15.1 Å². The quantitative estimate of drug-likeness (QED) is 0.473. The van der Waals surface area contributed by atoms with Crippen molar-refractivity contribution in [2.75, 3.05) is 0 Å². The van der Waals surface area contributed by atoms with Crippen molar-refractivity contribution < 1.29 is 36.7 Å². The summed E-state index contributed by atoms with van der Waals surface area (Å²) < 4.78 is 64.6. The molecule has 1 fully saturated rings. The van der Waals surface area contributed by atoms with Crippen molar-refractivity contribution in [1.82, 2.24) is 5.32 Å². The second-order valence-electron chi connectivity index (χ2n) is 5.53. The van der Waals surface area contributed by atoms with E-state index in [4.69, 9.17) is 9.79 Å². The van der Waals surface area contributed by atoms with Gasteiger partial charge in [0.15, 0.2) is 0 Å². The summed E-state index contributed by atoms with van der Waals surface area (Å²) in [5, 5.41) is 2.26. The molecule has 0 spiro atoms. The fourth-order valence-corrected chi connectivity index (χ4v) is 5.07. The Hall–Kier alpha value is -1.00. The van der Waals surface area contributed by atoms with Crippen LogP contribution in [0.3, 0.4) is 0 Å². The van der Waals surface area contributed by atoms with E-state index in [1.165, 1.54) is 18.2 Å². The summed E-state index contributed by atoms with van der Waals surface area (Å²) in [5.41, 5.74) is -4.42. The number of carbonyl (C=O) groups excluding carboxylic acids is 1. The second kappa shape index (κ2) is 5.75. The molecule has 1 saturated carbocycles. The van der Waals surface area contributed by atoms with Crippen molar-refractivity contribution in [3.05, 3.63) is 33.1 Å². The third-order valence-electron chi connectivity index (χ3n) is 3.66. The van der Waals surface area contributed by atoms with Gasteiger partial charge in [0, 0.05) is 26.5 Å². The minimum absolute atomic E-state index is 0.0280. The summed E-state index contributed by atoms with van der Waals surface area (Å²) in [5.74, 6) is -3.73. The van der Waals surface area contributed by atoms with Crippen LogP contribution in [0.2, 0.25) is 0 Å². The third kappa shape index (κ3) is 3.23. The summed E-state index contributed by atoms with van der Waals surface area (Å²) in [7, 11) is -5.74. The molecule has 1 heterocycles.